The summed E-state index contributed by atoms with van der Waals surface area (Å²) in [6, 6.07) is 11.8. The van der Waals surface area contributed by atoms with Crippen LogP contribution in [-0.4, -0.2) is 11.9 Å². The second kappa shape index (κ2) is 8.47. The zero-order chi connectivity index (χ0) is 14.7. The molecule has 0 fully saturated rings. The van der Waals surface area contributed by atoms with E-state index in [0.29, 0.717) is 9.26 Å². The van der Waals surface area contributed by atoms with Crippen molar-refractivity contribution in [2.75, 3.05) is 5.32 Å². The zero-order valence-corrected chi connectivity index (χ0v) is 17.3. The number of aromatic carboxylic acids is 1. The first-order valence-corrected chi connectivity index (χ1v) is 7.71. The van der Waals surface area contributed by atoms with Gasteiger partial charge in [0.15, 0.2) is 0 Å². The second-order valence-corrected chi connectivity index (χ2v) is 6.32. The van der Waals surface area contributed by atoms with Crippen molar-refractivity contribution >= 4 is 62.7 Å². The zero-order valence-electron chi connectivity index (χ0n) is 11.0. The molecular weight excluding hydrogens is 507 g/mol. The predicted octanol–water partition coefficient (Wildman–Crippen LogP) is -0.484. The fourth-order valence-corrected chi connectivity index (χ4v) is 2.75. The van der Waals surface area contributed by atoms with E-state index in [1.807, 2.05) is 34.7 Å². The van der Waals surface area contributed by atoms with Gasteiger partial charge in [0.25, 0.3) is 5.91 Å². The number of hydrogen-bond donors (Lipinski definition) is 1. The second-order valence-electron chi connectivity index (χ2n) is 3.91. The number of benzene rings is 2. The molecule has 0 aromatic heterocycles. The first-order chi connectivity index (χ1) is 9.49. The van der Waals surface area contributed by atoms with Gasteiger partial charge < -0.3 is 15.2 Å². The fraction of sp³-hybridized carbons (Fsp3) is 0. The van der Waals surface area contributed by atoms with Gasteiger partial charge >= 0.3 is 29.6 Å². The molecule has 21 heavy (non-hydrogen) atoms. The molecule has 7 heteroatoms. The molecule has 1 amide bonds. The molecule has 1 N–H and O–H groups in total. The summed E-state index contributed by atoms with van der Waals surface area (Å²) in [6.07, 6.45) is 0. The maximum Gasteiger partial charge on any atom is 1.00 e. The van der Waals surface area contributed by atoms with Gasteiger partial charge in [-0.1, -0.05) is 12.1 Å². The quantitative estimate of drug-likeness (QED) is 0.444. The molecule has 2 aromatic carbocycles. The summed E-state index contributed by atoms with van der Waals surface area (Å²) in [5.41, 5.74) is 0.617. The standard InChI is InChI=1S/C14H9I2NO3.Na/c15-8-4-6-9(7-5-8)17-13(18)12-10(14(19)20)2-1-3-11(12)16;/h1-7H,(H,17,18)(H,19,20);/q;+1/p-1. The molecule has 2 rings (SSSR count). The summed E-state index contributed by atoms with van der Waals surface area (Å²) in [6.45, 7) is 0. The van der Waals surface area contributed by atoms with Crippen molar-refractivity contribution in [2.24, 2.45) is 0 Å². The molecule has 102 valence electrons. The number of carboxylic acid groups (broad SMARTS) is 1. The van der Waals surface area contributed by atoms with Crippen molar-refractivity contribution in [3.05, 3.63) is 60.7 Å². The van der Waals surface area contributed by atoms with E-state index in [2.05, 4.69) is 27.9 Å². The smallest absolute Gasteiger partial charge is 0.545 e. The Morgan fingerprint density at radius 3 is 2.19 bits per heavy atom. The van der Waals surface area contributed by atoms with Crippen molar-refractivity contribution in [3.63, 3.8) is 0 Å². The molecule has 2 aromatic rings. The van der Waals surface area contributed by atoms with E-state index in [0.717, 1.165) is 3.57 Å². The molecule has 0 heterocycles. The Kier molecular flexibility index (Phi) is 7.62. The molecule has 0 aliphatic carbocycles. The van der Waals surface area contributed by atoms with E-state index in [-0.39, 0.29) is 40.7 Å². The van der Waals surface area contributed by atoms with E-state index in [4.69, 9.17) is 0 Å². The van der Waals surface area contributed by atoms with E-state index < -0.39 is 11.9 Å². The number of carbonyl (C=O) groups is 2. The minimum absolute atomic E-state index is 0. The monoisotopic (exact) mass is 515 g/mol. The molecule has 0 saturated heterocycles. The molecule has 0 bridgehead atoms. The first kappa shape index (κ1) is 18.9. The normalized spacial score (nSPS) is 9.62. The van der Waals surface area contributed by atoms with Gasteiger partial charge in [0.2, 0.25) is 0 Å². The molecule has 0 aliphatic rings. The third-order valence-corrected chi connectivity index (χ3v) is 4.18. The Bertz CT molecular complexity index is 674. The Labute approximate surface area is 171 Å². The number of anilines is 1. The van der Waals surface area contributed by atoms with Crippen LogP contribution in [-0.2, 0) is 0 Å². The maximum absolute atomic E-state index is 12.2. The van der Waals surface area contributed by atoms with Crippen molar-refractivity contribution < 1.29 is 44.3 Å². The van der Waals surface area contributed by atoms with E-state index in [9.17, 15) is 14.7 Å². The summed E-state index contributed by atoms with van der Waals surface area (Å²) < 4.78 is 1.61. The van der Waals surface area contributed by atoms with Gasteiger partial charge in [0.05, 0.1) is 11.5 Å². The van der Waals surface area contributed by atoms with Crippen LogP contribution in [0.5, 0.6) is 0 Å². The van der Waals surface area contributed by atoms with Crippen LogP contribution in [0.2, 0.25) is 0 Å². The van der Waals surface area contributed by atoms with Gasteiger partial charge in [0, 0.05) is 18.4 Å². The van der Waals surface area contributed by atoms with Crippen LogP contribution < -0.4 is 40.0 Å². The van der Waals surface area contributed by atoms with Gasteiger partial charge in [-0.2, -0.15) is 0 Å². The van der Waals surface area contributed by atoms with Gasteiger partial charge in [0.1, 0.15) is 0 Å². The molecule has 4 nitrogen and oxygen atoms in total. The van der Waals surface area contributed by atoms with Crippen LogP contribution in [0.1, 0.15) is 20.7 Å². The Morgan fingerprint density at radius 1 is 1.00 bits per heavy atom. The van der Waals surface area contributed by atoms with Crippen LogP contribution >= 0.6 is 45.2 Å². The Morgan fingerprint density at radius 2 is 1.62 bits per heavy atom. The minimum atomic E-state index is -1.36. The van der Waals surface area contributed by atoms with Crippen LogP contribution in [0.4, 0.5) is 5.69 Å². The number of nitrogens with one attached hydrogen (secondary N) is 1. The summed E-state index contributed by atoms with van der Waals surface area (Å²) in [5, 5.41) is 13.8. The van der Waals surface area contributed by atoms with Gasteiger partial charge in [-0.25, -0.2) is 0 Å². The number of carboxylic acids is 1. The number of rotatable bonds is 3. The van der Waals surface area contributed by atoms with E-state index in [1.54, 1.807) is 24.3 Å². The van der Waals surface area contributed by atoms with Crippen LogP contribution in [0.25, 0.3) is 0 Å². The number of hydrogen-bond acceptors (Lipinski definition) is 3. The van der Waals surface area contributed by atoms with Crippen LogP contribution in [0, 0.1) is 7.14 Å². The molecule has 0 unspecified atom stereocenters. The average Bonchev–Trinajstić information content (AvgIpc) is 2.40. The van der Waals surface area contributed by atoms with Crippen molar-refractivity contribution in [1.82, 2.24) is 0 Å². The van der Waals surface area contributed by atoms with E-state index >= 15 is 0 Å². The van der Waals surface area contributed by atoms with Gasteiger partial charge in [-0.15, -0.1) is 0 Å². The topological polar surface area (TPSA) is 69.2 Å². The third-order valence-electron chi connectivity index (χ3n) is 2.56. The molecular formula is C14H8I2NNaO3. The van der Waals surface area contributed by atoms with Gasteiger partial charge in [-0.05, 0) is 75.5 Å². The molecule has 0 aliphatic heterocycles. The molecule has 0 atom stereocenters. The molecule has 0 radical (unpaired) electrons. The average molecular weight is 515 g/mol. The van der Waals surface area contributed by atoms with Crippen molar-refractivity contribution in [2.45, 2.75) is 0 Å². The SMILES string of the molecule is O=C([O-])c1cccc(I)c1C(=O)Nc1ccc(I)cc1.[Na+]. The summed E-state index contributed by atoms with van der Waals surface area (Å²) in [4.78, 5) is 23.3. The largest absolute Gasteiger partial charge is 1.00 e. The number of amides is 1. The fourth-order valence-electron chi connectivity index (χ4n) is 1.65. The van der Waals surface area contributed by atoms with Crippen molar-refractivity contribution in [1.29, 1.82) is 0 Å². The van der Waals surface area contributed by atoms with E-state index in [1.165, 1.54) is 6.07 Å². The third kappa shape index (κ3) is 4.92. The van der Waals surface area contributed by atoms with Gasteiger partial charge in [-0.3, -0.25) is 4.79 Å². The minimum Gasteiger partial charge on any atom is -0.545 e. The van der Waals surface area contributed by atoms with Crippen molar-refractivity contribution in [3.8, 4) is 0 Å². The summed E-state index contributed by atoms with van der Waals surface area (Å²) >= 11 is 4.09. The first-order valence-electron chi connectivity index (χ1n) is 5.56. The maximum atomic E-state index is 12.2. The molecule has 0 saturated carbocycles. The summed E-state index contributed by atoms with van der Waals surface area (Å²) in [5.74, 6) is -1.83. The van der Waals surface area contributed by atoms with Crippen LogP contribution in [0.15, 0.2) is 42.5 Å². The molecule has 0 spiro atoms. The predicted molar refractivity (Wildman–Crippen MR) is 90.6 cm³/mol. The van der Waals surface area contributed by atoms with Crippen LogP contribution in [0.3, 0.4) is 0 Å². The number of carbonyl (C=O) groups excluding carboxylic acids is 2. The Balaban J connectivity index is 0.00000220. The summed E-state index contributed by atoms with van der Waals surface area (Å²) in [7, 11) is 0. The Hall–Kier alpha value is -0.160. The number of halogens is 2.